The van der Waals surface area contributed by atoms with Crippen LogP contribution < -0.4 is 0 Å². The predicted octanol–water partition coefficient (Wildman–Crippen LogP) is 0.183. The van der Waals surface area contributed by atoms with Gasteiger partial charge in [0.1, 0.15) is 0 Å². The summed E-state index contributed by atoms with van der Waals surface area (Å²) in [4.78, 5) is 4.17. The molecule has 1 aliphatic heterocycles. The van der Waals surface area contributed by atoms with Crippen LogP contribution in [0.25, 0.3) is 0 Å². The Morgan fingerprint density at radius 2 is 2.43 bits per heavy atom. The van der Waals surface area contributed by atoms with Gasteiger partial charge in [-0.15, -0.1) is 0 Å². The minimum atomic E-state index is 0.0610. The zero-order chi connectivity index (χ0) is 9.80. The molecule has 2 heterocycles. The molecule has 1 aromatic heterocycles. The Morgan fingerprint density at radius 1 is 1.50 bits per heavy atom. The fraction of sp³-hybridized carbons (Fsp3) is 0.778. The largest absolute Gasteiger partial charge is 0.396 e. The summed E-state index contributed by atoms with van der Waals surface area (Å²) in [6.45, 7) is 1.69. The molecule has 1 saturated heterocycles. The fourth-order valence-corrected chi connectivity index (χ4v) is 1.57. The molecular weight excluding hydrogens is 184 g/mol. The molecule has 0 spiro atoms. The monoisotopic (exact) mass is 198 g/mol. The first-order valence-electron chi connectivity index (χ1n) is 4.88. The van der Waals surface area contributed by atoms with Gasteiger partial charge in [0.15, 0.2) is 5.82 Å². The molecule has 0 bridgehead atoms. The van der Waals surface area contributed by atoms with Crippen molar-refractivity contribution in [1.29, 1.82) is 0 Å². The Kier molecular flexibility index (Phi) is 3.10. The van der Waals surface area contributed by atoms with E-state index >= 15 is 0 Å². The van der Waals surface area contributed by atoms with Crippen molar-refractivity contribution in [2.45, 2.75) is 19.3 Å². The molecule has 0 aromatic carbocycles. The highest BCUT2D eigenvalue weighted by Gasteiger charge is 2.19. The summed E-state index contributed by atoms with van der Waals surface area (Å²) in [5.74, 6) is 1.75. The topological polar surface area (TPSA) is 68.4 Å². The van der Waals surface area contributed by atoms with Gasteiger partial charge in [-0.1, -0.05) is 5.16 Å². The van der Waals surface area contributed by atoms with Gasteiger partial charge in [-0.05, 0) is 12.3 Å². The molecule has 0 saturated carbocycles. The van der Waals surface area contributed by atoms with Crippen LogP contribution in [0.2, 0.25) is 0 Å². The van der Waals surface area contributed by atoms with E-state index in [1.54, 1.807) is 0 Å². The molecule has 1 aromatic rings. The van der Waals surface area contributed by atoms with Crippen molar-refractivity contribution in [3.8, 4) is 0 Å². The zero-order valence-electron chi connectivity index (χ0n) is 7.98. The van der Waals surface area contributed by atoms with E-state index in [0.717, 1.165) is 26.1 Å². The molecular formula is C9H14N2O3. The molecule has 5 heteroatoms. The summed E-state index contributed by atoms with van der Waals surface area (Å²) in [5.41, 5.74) is 0. The van der Waals surface area contributed by atoms with Crippen molar-refractivity contribution in [2.24, 2.45) is 5.92 Å². The molecule has 1 N–H and O–H groups in total. The van der Waals surface area contributed by atoms with E-state index in [1.165, 1.54) is 0 Å². The predicted molar refractivity (Wildman–Crippen MR) is 47.7 cm³/mol. The van der Waals surface area contributed by atoms with Crippen molar-refractivity contribution < 1.29 is 14.4 Å². The lowest BCUT2D eigenvalue weighted by molar-refractivity contribution is 0.183. The van der Waals surface area contributed by atoms with Gasteiger partial charge in [0, 0.05) is 26.1 Å². The minimum Gasteiger partial charge on any atom is -0.396 e. The third-order valence-electron chi connectivity index (χ3n) is 2.33. The second kappa shape index (κ2) is 4.52. The van der Waals surface area contributed by atoms with Crippen LogP contribution in [0.5, 0.6) is 0 Å². The van der Waals surface area contributed by atoms with Gasteiger partial charge in [-0.25, -0.2) is 0 Å². The molecule has 5 nitrogen and oxygen atoms in total. The van der Waals surface area contributed by atoms with Gasteiger partial charge in [0.25, 0.3) is 0 Å². The summed E-state index contributed by atoms with van der Waals surface area (Å²) in [6, 6.07) is 0. The molecule has 14 heavy (non-hydrogen) atoms. The second-order valence-corrected chi connectivity index (χ2v) is 3.51. The average Bonchev–Trinajstić information content (AvgIpc) is 2.79. The minimum absolute atomic E-state index is 0.0610. The van der Waals surface area contributed by atoms with E-state index in [1.807, 2.05) is 0 Å². The SMILES string of the molecule is OCCc1noc(CC2CCOC2)n1. The lowest BCUT2D eigenvalue weighted by Crippen LogP contribution is -2.04. The molecule has 1 aliphatic rings. The number of nitrogens with zero attached hydrogens (tertiary/aromatic N) is 2. The van der Waals surface area contributed by atoms with Gasteiger partial charge in [-0.2, -0.15) is 4.98 Å². The van der Waals surface area contributed by atoms with Crippen LogP contribution >= 0.6 is 0 Å². The molecule has 1 fully saturated rings. The van der Waals surface area contributed by atoms with E-state index in [0.29, 0.717) is 24.1 Å². The Morgan fingerprint density at radius 3 is 3.14 bits per heavy atom. The Bertz CT molecular complexity index is 281. The average molecular weight is 198 g/mol. The van der Waals surface area contributed by atoms with Crippen LogP contribution in [0.3, 0.4) is 0 Å². The number of aliphatic hydroxyl groups is 1. The summed E-state index contributed by atoms with van der Waals surface area (Å²) in [6.07, 6.45) is 2.32. The van der Waals surface area contributed by atoms with Crippen LogP contribution in [0.15, 0.2) is 4.52 Å². The smallest absolute Gasteiger partial charge is 0.227 e. The molecule has 1 unspecified atom stereocenters. The van der Waals surface area contributed by atoms with Gasteiger partial charge >= 0.3 is 0 Å². The lowest BCUT2D eigenvalue weighted by atomic mass is 10.1. The zero-order valence-corrected chi connectivity index (χ0v) is 7.98. The number of rotatable bonds is 4. The first kappa shape index (κ1) is 9.61. The van der Waals surface area contributed by atoms with Crippen molar-refractivity contribution in [3.05, 3.63) is 11.7 Å². The van der Waals surface area contributed by atoms with Crippen molar-refractivity contribution in [1.82, 2.24) is 10.1 Å². The van der Waals surface area contributed by atoms with Crippen LogP contribution in [-0.2, 0) is 17.6 Å². The highest BCUT2D eigenvalue weighted by atomic mass is 16.5. The Labute approximate surface area is 82.1 Å². The number of hydrogen-bond acceptors (Lipinski definition) is 5. The van der Waals surface area contributed by atoms with Crippen LogP contribution in [0.1, 0.15) is 18.1 Å². The third kappa shape index (κ3) is 2.30. The Balaban J connectivity index is 1.88. The molecule has 78 valence electrons. The van der Waals surface area contributed by atoms with Crippen LogP contribution in [-0.4, -0.2) is 35.1 Å². The van der Waals surface area contributed by atoms with E-state index < -0.39 is 0 Å². The summed E-state index contributed by atoms with van der Waals surface area (Å²) >= 11 is 0. The van der Waals surface area contributed by atoms with Crippen LogP contribution in [0, 0.1) is 5.92 Å². The van der Waals surface area contributed by atoms with Crippen molar-refractivity contribution >= 4 is 0 Å². The number of aromatic nitrogens is 2. The molecule has 2 rings (SSSR count). The quantitative estimate of drug-likeness (QED) is 0.747. The number of hydrogen-bond donors (Lipinski definition) is 1. The van der Waals surface area contributed by atoms with Crippen LogP contribution in [0.4, 0.5) is 0 Å². The number of ether oxygens (including phenoxy) is 1. The standard InChI is InChI=1S/C9H14N2O3/c12-3-1-8-10-9(14-11-8)5-7-2-4-13-6-7/h7,12H,1-6H2. The summed E-state index contributed by atoms with van der Waals surface area (Å²) in [7, 11) is 0. The molecule has 0 radical (unpaired) electrons. The first-order chi connectivity index (χ1) is 6.88. The third-order valence-corrected chi connectivity index (χ3v) is 2.33. The second-order valence-electron chi connectivity index (χ2n) is 3.51. The summed E-state index contributed by atoms with van der Waals surface area (Å²) < 4.78 is 10.3. The van der Waals surface area contributed by atoms with Gasteiger partial charge in [0.2, 0.25) is 5.89 Å². The number of aliphatic hydroxyl groups excluding tert-OH is 1. The van der Waals surface area contributed by atoms with Crippen molar-refractivity contribution in [2.75, 3.05) is 19.8 Å². The van der Waals surface area contributed by atoms with Gasteiger partial charge in [0.05, 0.1) is 6.61 Å². The maximum Gasteiger partial charge on any atom is 0.227 e. The normalized spacial score (nSPS) is 21.6. The fourth-order valence-electron chi connectivity index (χ4n) is 1.57. The van der Waals surface area contributed by atoms with E-state index in [2.05, 4.69) is 10.1 Å². The summed E-state index contributed by atoms with van der Waals surface area (Å²) in [5, 5.41) is 12.4. The van der Waals surface area contributed by atoms with Crippen molar-refractivity contribution in [3.63, 3.8) is 0 Å². The molecule has 0 aliphatic carbocycles. The Hall–Kier alpha value is -0.940. The molecule has 1 atom stereocenters. The van der Waals surface area contributed by atoms with E-state index in [9.17, 15) is 0 Å². The van der Waals surface area contributed by atoms with E-state index in [4.69, 9.17) is 14.4 Å². The highest BCUT2D eigenvalue weighted by Crippen LogP contribution is 2.17. The first-order valence-corrected chi connectivity index (χ1v) is 4.88. The lowest BCUT2D eigenvalue weighted by Gasteiger charge is -2.00. The highest BCUT2D eigenvalue weighted by molar-refractivity contribution is 4.88. The van der Waals surface area contributed by atoms with Gasteiger partial charge in [-0.3, -0.25) is 0 Å². The maximum absolute atomic E-state index is 8.67. The van der Waals surface area contributed by atoms with Gasteiger partial charge < -0.3 is 14.4 Å². The molecule has 0 amide bonds. The van der Waals surface area contributed by atoms with E-state index in [-0.39, 0.29) is 6.61 Å². The maximum atomic E-state index is 8.67.